The number of alkyl halides is 3. The fourth-order valence-corrected chi connectivity index (χ4v) is 1.71. The summed E-state index contributed by atoms with van der Waals surface area (Å²) < 4.78 is 37.2. The second-order valence-corrected chi connectivity index (χ2v) is 4.43. The molecule has 0 atom stereocenters. The van der Waals surface area contributed by atoms with Gasteiger partial charge in [-0.05, 0) is 6.07 Å². The number of carbonyl (C=O) groups excluding carboxylic acids is 1. The summed E-state index contributed by atoms with van der Waals surface area (Å²) in [5.74, 6) is -1.65. The van der Waals surface area contributed by atoms with Gasteiger partial charge in [-0.25, -0.2) is 0 Å². The maximum atomic E-state index is 12.2. The molecule has 11 heteroatoms. The van der Waals surface area contributed by atoms with E-state index in [0.717, 1.165) is 30.5 Å². The van der Waals surface area contributed by atoms with Gasteiger partial charge in [0.15, 0.2) is 5.82 Å². The number of carbonyl (C=O) groups is 1. The molecule has 1 aromatic heterocycles. The molecule has 1 aromatic carbocycles. The van der Waals surface area contributed by atoms with E-state index in [-0.39, 0.29) is 11.4 Å². The number of hydrogen-bond donors (Lipinski definition) is 2. The molecule has 8 nitrogen and oxygen atoms in total. The van der Waals surface area contributed by atoms with Crippen molar-refractivity contribution in [1.29, 1.82) is 0 Å². The van der Waals surface area contributed by atoms with Crippen LogP contribution in [-0.4, -0.2) is 31.9 Å². The molecule has 1 heterocycles. The summed E-state index contributed by atoms with van der Waals surface area (Å²) >= 11 is 0. The van der Waals surface area contributed by atoms with Crippen LogP contribution in [0.2, 0.25) is 0 Å². The van der Waals surface area contributed by atoms with Gasteiger partial charge < -0.3 is 10.4 Å². The minimum atomic E-state index is -4.45. The van der Waals surface area contributed by atoms with Crippen molar-refractivity contribution in [1.82, 2.24) is 9.78 Å². The Hall–Kier alpha value is -3.11. The lowest BCUT2D eigenvalue weighted by Gasteiger charge is -2.06. The lowest BCUT2D eigenvalue weighted by atomic mass is 10.1. The van der Waals surface area contributed by atoms with Crippen molar-refractivity contribution >= 4 is 17.4 Å². The predicted molar refractivity (Wildman–Crippen MR) is 71.0 cm³/mol. The van der Waals surface area contributed by atoms with Gasteiger partial charge in [-0.1, -0.05) is 0 Å². The summed E-state index contributed by atoms with van der Waals surface area (Å²) in [6.45, 7) is -1.31. The lowest BCUT2D eigenvalue weighted by molar-refractivity contribution is -0.384. The number of nitrogens with zero attached hydrogens (tertiary/aromatic N) is 3. The van der Waals surface area contributed by atoms with E-state index in [1.54, 1.807) is 0 Å². The van der Waals surface area contributed by atoms with Gasteiger partial charge in [0.2, 0.25) is 0 Å². The highest BCUT2D eigenvalue weighted by Crippen LogP contribution is 2.24. The number of aromatic nitrogens is 2. The molecule has 0 unspecified atom stereocenters. The number of nitro benzene ring substituents is 1. The van der Waals surface area contributed by atoms with E-state index in [4.69, 9.17) is 0 Å². The summed E-state index contributed by atoms with van der Waals surface area (Å²) in [7, 11) is 0. The third-order valence-electron chi connectivity index (χ3n) is 2.66. The number of rotatable bonds is 4. The number of hydrogen-bond acceptors (Lipinski definition) is 5. The molecule has 1 amide bonds. The summed E-state index contributed by atoms with van der Waals surface area (Å²) in [4.78, 5) is 21.7. The highest BCUT2D eigenvalue weighted by atomic mass is 19.4. The van der Waals surface area contributed by atoms with Gasteiger partial charge >= 0.3 is 6.18 Å². The Morgan fingerprint density at radius 1 is 1.39 bits per heavy atom. The van der Waals surface area contributed by atoms with E-state index < -0.39 is 35.0 Å². The lowest BCUT2D eigenvalue weighted by Crippen LogP contribution is -2.18. The zero-order valence-electron chi connectivity index (χ0n) is 11.2. The molecule has 0 fully saturated rings. The van der Waals surface area contributed by atoms with Crippen LogP contribution < -0.4 is 5.32 Å². The van der Waals surface area contributed by atoms with Crippen molar-refractivity contribution < 1.29 is 28.0 Å². The number of phenolic OH excluding ortho intramolecular Hbond substituents is 1. The molecule has 0 saturated heterocycles. The normalized spacial score (nSPS) is 11.3. The third-order valence-corrected chi connectivity index (χ3v) is 2.66. The molecule has 0 aliphatic heterocycles. The largest absolute Gasteiger partial charge is 0.507 e. The van der Waals surface area contributed by atoms with Crippen molar-refractivity contribution in [2.24, 2.45) is 0 Å². The molecule has 2 aromatic rings. The second kappa shape index (κ2) is 5.94. The molecule has 0 aliphatic carbocycles. The zero-order chi connectivity index (χ0) is 17.2. The topological polar surface area (TPSA) is 110 Å². The highest BCUT2D eigenvalue weighted by Gasteiger charge is 2.28. The third kappa shape index (κ3) is 4.18. The quantitative estimate of drug-likeness (QED) is 0.660. The molecule has 0 saturated carbocycles. The van der Waals surface area contributed by atoms with Crippen LogP contribution in [0.3, 0.4) is 0 Å². The van der Waals surface area contributed by atoms with Crippen LogP contribution in [0.5, 0.6) is 5.75 Å². The van der Waals surface area contributed by atoms with Gasteiger partial charge in [-0.3, -0.25) is 19.6 Å². The Labute approximate surface area is 126 Å². The second-order valence-electron chi connectivity index (χ2n) is 4.43. The molecular weight excluding hydrogens is 321 g/mol. The average Bonchev–Trinajstić information content (AvgIpc) is 2.83. The highest BCUT2D eigenvalue weighted by molar-refractivity contribution is 6.05. The summed E-state index contributed by atoms with van der Waals surface area (Å²) in [5, 5.41) is 25.8. The molecule has 2 N–H and O–H groups in total. The number of anilines is 1. The number of halogens is 3. The number of amides is 1. The number of phenols is 1. The standard InChI is InChI=1S/C12H9F3N4O4/c13-12(14,15)6-18-4-3-10(17-18)16-11(21)8-2-1-7(19(22)23)5-9(8)20/h1-5,20H,6H2,(H,16,17,21). The Morgan fingerprint density at radius 2 is 2.09 bits per heavy atom. The monoisotopic (exact) mass is 330 g/mol. The van der Waals surface area contributed by atoms with E-state index in [9.17, 15) is 33.2 Å². The number of nitro groups is 1. The van der Waals surface area contributed by atoms with Crippen LogP contribution in [0, 0.1) is 10.1 Å². The van der Waals surface area contributed by atoms with Crippen LogP contribution in [0.1, 0.15) is 10.4 Å². The predicted octanol–water partition coefficient (Wildman–Crippen LogP) is 2.31. The number of benzene rings is 1. The SMILES string of the molecule is O=C(Nc1ccn(CC(F)(F)F)n1)c1ccc([N+](=O)[O-])cc1O. The van der Waals surface area contributed by atoms with Crippen LogP contribution in [0.15, 0.2) is 30.5 Å². The van der Waals surface area contributed by atoms with Crippen LogP contribution in [-0.2, 0) is 6.54 Å². The maximum Gasteiger partial charge on any atom is 0.408 e. The van der Waals surface area contributed by atoms with Gasteiger partial charge in [0.1, 0.15) is 12.3 Å². The van der Waals surface area contributed by atoms with Gasteiger partial charge in [0, 0.05) is 18.3 Å². The Kier molecular flexibility index (Phi) is 4.20. The van der Waals surface area contributed by atoms with Crippen LogP contribution in [0.4, 0.5) is 24.7 Å². The van der Waals surface area contributed by atoms with Gasteiger partial charge in [0.05, 0.1) is 16.6 Å². The summed E-state index contributed by atoms with van der Waals surface area (Å²) in [6.07, 6.45) is -3.43. The zero-order valence-corrected chi connectivity index (χ0v) is 11.2. The van der Waals surface area contributed by atoms with E-state index in [1.807, 2.05) is 0 Å². The number of aromatic hydroxyl groups is 1. The average molecular weight is 330 g/mol. The fourth-order valence-electron chi connectivity index (χ4n) is 1.71. The maximum absolute atomic E-state index is 12.2. The summed E-state index contributed by atoms with van der Waals surface area (Å²) in [6, 6.07) is 3.97. The van der Waals surface area contributed by atoms with E-state index >= 15 is 0 Å². The molecule has 2 rings (SSSR count). The van der Waals surface area contributed by atoms with Crippen molar-refractivity contribution in [3.8, 4) is 5.75 Å². The molecule has 23 heavy (non-hydrogen) atoms. The van der Waals surface area contributed by atoms with Crippen molar-refractivity contribution in [3.05, 3.63) is 46.1 Å². The molecule has 0 aliphatic rings. The molecule has 0 spiro atoms. The Bertz CT molecular complexity index is 757. The number of non-ortho nitro benzene ring substituents is 1. The van der Waals surface area contributed by atoms with Crippen LogP contribution >= 0.6 is 0 Å². The van der Waals surface area contributed by atoms with E-state index in [2.05, 4.69) is 10.4 Å². The van der Waals surface area contributed by atoms with Gasteiger partial charge in [0.25, 0.3) is 11.6 Å². The van der Waals surface area contributed by atoms with Crippen molar-refractivity contribution in [2.45, 2.75) is 12.7 Å². The van der Waals surface area contributed by atoms with E-state index in [0.29, 0.717) is 4.68 Å². The Morgan fingerprint density at radius 3 is 2.65 bits per heavy atom. The van der Waals surface area contributed by atoms with E-state index in [1.165, 1.54) is 0 Å². The first kappa shape index (κ1) is 16.3. The smallest absolute Gasteiger partial charge is 0.408 e. The minimum Gasteiger partial charge on any atom is -0.507 e. The van der Waals surface area contributed by atoms with Crippen molar-refractivity contribution in [2.75, 3.05) is 5.32 Å². The fraction of sp³-hybridized carbons (Fsp3) is 0.167. The molecular formula is C12H9F3N4O4. The minimum absolute atomic E-state index is 0.156. The van der Waals surface area contributed by atoms with Crippen molar-refractivity contribution in [3.63, 3.8) is 0 Å². The molecule has 0 radical (unpaired) electrons. The molecule has 122 valence electrons. The van der Waals surface area contributed by atoms with Gasteiger partial charge in [-0.15, -0.1) is 0 Å². The Balaban J connectivity index is 2.12. The summed E-state index contributed by atoms with van der Waals surface area (Å²) in [5.41, 5.74) is -0.686. The first-order valence-electron chi connectivity index (χ1n) is 6.05. The first-order chi connectivity index (χ1) is 10.7. The molecule has 0 bridgehead atoms. The number of nitrogens with one attached hydrogen (secondary N) is 1. The van der Waals surface area contributed by atoms with Crippen LogP contribution in [0.25, 0.3) is 0 Å². The first-order valence-corrected chi connectivity index (χ1v) is 6.05. The van der Waals surface area contributed by atoms with Gasteiger partial charge in [-0.2, -0.15) is 18.3 Å².